The van der Waals surface area contributed by atoms with Crippen LogP contribution in [-0.2, 0) is 19.0 Å². The Hall–Kier alpha value is -0.610. The van der Waals surface area contributed by atoms with E-state index in [9.17, 15) is 4.79 Å². The van der Waals surface area contributed by atoms with Crippen molar-refractivity contribution in [2.45, 2.75) is 46.8 Å². The van der Waals surface area contributed by atoms with Gasteiger partial charge >= 0.3 is 5.97 Å². The summed E-state index contributed by atoms with van der Waals surface area (Å²) in [5.41, 5.74) is -0.407. The molecule has 1 fully saturated rings. The maximum atomic E-state index is 11.8. The van der Waals surface area contributed by atoms with Crippen molar-refractivity contribution in [2.75, 3.05) is 19.8 Å². The summed E-state index contributed by atoms with van der Waals surface area (Å²) in [6.07, 6.45) is 0.774. The third kappa shape index (κ3) is 4.28. The molecule has 17 heavy (non-hydrogen) atoms. The summed E-state index contributed by atoms with van der Waals surface area (Å²) >= 11 is 0. The Labute approximate surface area is 104 Å². The normalized spacial score (nSPS) is 21.2. The van der Waals surface area contributed by atoms with Crippen LogP contribution in [0.1, 0.15) is 41.0 Å². The van der Waals surface area contributed by atoms with Gasteiger partial charge in [-0.3, -0.25) is 4.79 Å². The van der Waals surface area contributed by atoms with E-state index in [1.807, 2.05) is 34.6 Å². The topological polar surface area (TPSA) is 44.8 Å². The molecule has 0 aromatic carbocycles. The van der Waals surface area contributed by atoms with Gasteiger partial charge in [0.2, 0.25) is 0 Å². The lowest BCUT2D eigenvalue weighted by Crippen LogP contribution is -2.41. The van der Waals surface area contributed by atoms with Crippen molar-refractivity contribution in [2.24, 2.45) is 11.3 Å². The number of carbonyl (C=O) groups excluding carboxylic acids is 1. The van der Waals surface area contributed by atoms with Crippen LogP contribution in [0.2, 0.25) is 0 Å². The third-order valence-electron chi connectivity index (χ3n) is 3.22. The number of carbonyl (C=O) groups is 1. The van der Waals surface area contributed by atoms with Crippen molar-refractivity contribution in [3.63, 3.8) is 0 Å². The molecule has 0 N–H and O–H groups in total. The maximum Gasteiger partial charge on any atom is 0.311 e. The SMILES string of the molecule is CCC(C)(C)C(=O)OCC1COC(C)(C)OC1. The van der Waals surface area contributed by atoms with Crippen LogP contribution in [0.5, 0.6) is 0 Å². The lowest BCUT2D eigenvalue weighted by molar-refractivity contribution is -0.266. The Morgan fingerprint density at radius 1 is 1.35 bits per heavy atom. The second-order valence-electron chi connectivity index (χ2n) is 5.72. The van der Waals surface area contributed by atoms with Crippen molar-refractivity contribution < 1.29 is 19.0 Å². The molecule has 0 atom stereocenters. The largest absolute Gasteiger partial charge is 0.465 e. The van der Waals surface area contributed by atoms with Crippen molar-refractivity contribution in [1.29, 1.82) is 0 Å². The average molecular weight is 244 g/mol. The van der Waals surface area contributed by atoms with Gasteiger partial charge in [-0.1, -0.05) is 6.92 Å². The standard InChI is InChI=1S/C13H24O4/c1-6-12(2,3)11(14)15-7-10-8-16-13(4,5)17-9-10/h10H,6-9H2,1-5H3. The van der Waals surface area contributed by atoms with Crippen molar-refractivity contribution >= 4 is 5.97 Å². The number of hydrogen-bond acceptors (Lipinski definition) is 4. The lowest BCUT2D eigenvalue weighted by Gasteiger charge is -2.35. The molecule has 100 valence electrons. The van der Waals surface area contributed by atoms with Crippen LogP contribution in [0.3, 0.4) is 0 Å². The molecule has 1 aliphatic heterocycles. The first kappa shape index (κ1) is 14.5. The van der Waals surface area contributed by atoms with Gasteiger partial charge in [0.05, 0.1) is 25.2 Å². The Balaban J connectivity index is 2.31. The predicted molar refractivity (Wildman–Crippen MR) is 64.5 cm³/mol. The zero-order valence-electron chi connectivity index (χ0n) is 11.5. The first-order valence-electron chi connectivity index (χ1n) is 6.22. The van der Waals surface area contributed by atoms with Crippen LogP contribution in [-0.4, -0.2) is 31.6 Å². The van der Waals surface area contributed by atoms with E-state index < -0.39 is 11.2 Å². The van der Waals surface area contributed by atoms with E-state index in [1.165, 1.54) is 0 Å². The molecule has 0 unspecified atom stereocenters. The summed E-state index contributed by atoms with van der Waals surface area (Å²) < 4.78 is 16.3. The third-order valence-corrected chi connectivity index (χ3v) is 3.22. The molecule has 1 saturated heterocycles. The van der Waals surface area contributed by atoms with Crippen LogP contribution >= 0.6 is 0 Å². The molecule has 1 aliphatic rings. The number of rotatable bonds is 4. The molecular formula is C13H24O4. The first-order valence-corrected chi connectivity index (χ1v) is 6.22. The van der Waals surface area contributed by atoms with Crippen LogP contribution < -0.4 is 0 Å². The number of hydrogen-bond donors (Lipinski definition) is 0. The van der Waals surface area contributed by atoms with Crippen LogP contribution in [0, 0.1) is 11.3 Å². The van der Waals surface area contributed by atoms with E-state index in [2.05, 4.69) is 0 Å². The van der Waals surface area contributed by atoms with Crippen LogP contribution in [0.15, 0.2) is 0 Å². The molecule has 0 radical (unpaired) electrons. The molecule has 0 aromatic rings. The summed E-state index contributed by atoms with van der Waals surface area (Å²) in [6, 6.07) is 0. The zero-order valence-corrected chi connectivity index (χ0v) is 11.5. The predicted octanol–water partition coefficient (Wildman–Crippen LogP) is 2.36. The molecule has 4 nitrogen and oxygen atoms in total. The zero-order chi connectivity index (χ0) is 13.1. The molecule has 0 saturated carbocycles. The van der Waals surface area contributed by atoms with Gasteiger partial charge in [0.15, 0.2) is 5.79 Å². The molecule has 0 spiro atoms. The van der Waals surface area contributed by atoms with Crippen LogP contribution in [0.4, 0.5) is 0 Å². The summed E-state index contributed by atoms with van der Waals surface area (Å²) in [5.74, 6) is -0.520. The van der Waals surface area contributed by atoms with Gasteiger partial charge in [-0.15, -0.1) is 0 Å². The van der Waals surface area contributed by atoms with Crippen LogP contribution in [0.25, 0.3) is 0 Å². The first-order chi connectivity index (χ1) is 7.77. The highest BCUT2D eigenvalue weighted by Crippen LogP contribution is 2.24. The fraction of sp³-hybridized carbons (Fsp3) is 0.923. The van der Waals surface area contributed by atoms with E-state index in [-0.39, 0.29) is 11.9 Å². The molecule has 1 heterocycles. The fourth-order valence-corrected chi connectivity index (χ4v) is 1.36. The van der Waals surface area contributed by atoms with Gasteiger partial charge in [-0.2, -0.15) is 0 Å². The quantitative estimate of drug-likeness (QED) is 0.712. The van der Waals surface area contributed by atoms with E-state index in [0.29, 0.717) is 19.8 Å². The van der Waals surface area contributed by atoms with Gasteiger partial charge < -0.3 is 14.2 Å². The molecule has 0 amide bonds. The fourth-order valence-electron chi connectivity index (χ4n) is 1.36. The Kier molecular flexibility index (Phi) is 4.55. The molecule has 0 bridgehead atoms. The highest BCUT2D eigenvalue weighted by molar-refractivity contribution is 5.75. The van der Waals surface area contributed by atoms with E-state index in [1.54, 1.807) is 0 Å². The van der Waals surface area contributed by atoms with Gasteiger partial charge in [0, 0.05) is 5.92 Å². The maximum absolute atomic E-state index is 11.8. The van der Waals surface area contributed by atoms with Crippen molar-refractivity contribution in [3.8, 4) is 0 Å². The summed E-state index contributed by atoms with van der Waals surface area (Å²) in [4.78, 5) is 11.8. The molecule has 4 heteroatoms. The Bertz CT molecular complexity index is 261. The monoisotopic (exact) mass is 244 g/mol. The minimum atomic E-state index is -0.511. The second kappa shape index (κ2) is 5.36. The lowest BCUT2D eigenvalue weighted by atomic mass is 9.91. The van der Waals surface area contributed by atoms with E-state index in [4.69, 9.17) is 14.2 Å². The molecular weight excluding hydrogens is 220 g/mol. The van der Waals surface area contributed by atoms with E-state index >= 15 is 0 Å². The van der Waals surface area contributed by atoms with Gasteiger partial charge in [-0.05, 0) is 34.1 Å². The Morgan fingerprint density at radius 3 is 2.35 bits per heavy atom. The summed E-state index contributed by atoms with van der Waals surface area (Å²) in [7, 11) is 0. The highest BCUT2D eigenvalue weighted by atomic mass is 16.7. The summed E-state index contributed by atoms with van der Waals surface area (Å²) in [6.45, 7) is 11.1. The number of esters is 1. The van der Waals surface area contributed by atoms with Gasteiger partial charge in [-0.25, -0.2) is 0 Å². The Morgan fingerprint density at radius 2 is 1.88 bits per heavy atom. The van der Waals surface area contributed by atoms with Crippen molar-refractivity contribution in [3.05, 3.63) is 0 Å². The molecule has 1 rings (SSSR count). The average Bonchev–Trinajstić information content (AvgIpc) is 2.27. The minimum absolute atomic E-state index is 0.139. The second-order valence-corrected chi connectivity index (χ2v) is 5.72. The number of ether oxygens (including phenoxy) is 3. The highest BCUT2D eigenvalue weighted by Gasteiger charge is 2.31. The molecule has 0 aromatic heterocycles. The smallest absolute Gasteiger partial charge is 0.311 e. The van der Waals surface area contributed by atoms with Gasteiger partial charge in [0.25, 0.3) is 0 Å². The minimum Gasteiger partial charge on any atom is -0.465 e. The van der Waals surface area contributed by atoms with Gasteiger partial charge in [0.1, 0.15) is 0 Å². The molecule has 0 aliphatic carbocycles. The van der Waals surface area contributed by atoms with Crippen molar-refractivity contribution in [1.82, 2.24) is 0 Å². The van der Waals surface area contributed by atoms with E-state index in [0.717, 1.165) is 6.42 Å². The summed E-state index contributed by atoms with van der Waals surface area (Å²) in [5, 5.41) is 0.